The van der Waals surface area contributed by atoms with E-state index in [2.05, 4.69) is 10.6 Å². The molecule has 2 fully saturated rings. The molecule has 2 aliphatic rings. The summed E-state index contributed by atoms with van der Waals surface area (Å²) in [5.74, 6) is -1.94. The standard InChI is InChI=1S/C18H23F2N3O2.ClH/c1-11(24)21-17(15-5-2-12(19)8-16(15)20)9-18(25)23-7-6-13-3-4-14(10-23)22-13;/h2,5,8,13-14,17,22H,3-4,6-7,9-10H2,1H3,(H,21,24);1H. The van der Waals surface area contributed by atoms with Crippen LogP contribution in [0.5, 0.6) is 0 Å². The van der Waals surface area contributed by atoms with E-state index in [-0.39, 0.29) is 36.2 Å². The summed E-state index contributed by atoms with van der Waals surface area (Å²) >= 11 is 0. The molecule has 0 radical (unpaired) electrons. The highest BCUT2D eigenvalue weighted by molar-refractivity contribution is 5.85. The van der Waals surface area contributed by atoms with Crippen molar-refractivity contribution in [1.82, 2.24) is 15.5 Å². The second-order valence-electron chi connectivity index (χ2n) is 6.89. The molecule has 8 heteroatoms. The lowest BCUT2D eigenvalue weighted by atomic mass is 10.0. The Morgan fingerprint density at radius 3 is 2.69 bits per heavy atom. The van der Waals surface area contributed by atoms with Crippen molar-refractivity contribution in [1.29, 1.82) is 0 Å². The number of nitrogens with zero attached hydrogens (tertiary/aromatic N) is 1. The van der Waals surface area contributed by atoms with Gasteiger partial charge < -0.3 is 15.5 Å². The molecular weight excluding hydrogens is 364 g/mol. The normalized spacial score (nSPS) is 23.0. The van der Waals surface area contributed by atoms with Gasteiger partial charge in [-0.3, -0.25) is 9.59 Å². The molecule has 3 rings (SSSR count). The van der Waals surface area contributed by atoms with Crippen molar-refractivity contribution in [3.63, 3.8) is 0 Å². The van der Waals surface area contributed by atoms with Crippen LogP contribution in [0.1, 0.15) is 44.2 Å². The number of nitrogens with one attached hydrogen (secondary N) is 2. The average Bonchev–Trinajstić information content (AvgIpc) is 2.85. The first-order valence-corrected chi connectivity index (χ1v) is 8.68. The number of amides is 2. The smallest absolute Gasteiger partial charge is 0.225 e. The van der Waals surface area contributed by atoms with Crippen LogP contribution < -0.4 is 10.6 Å². The molecule has 0 saturated carbocycles. The monoisotopic (exact) mass is 387 g/mol. The molecule has 1 aromatic rings. The third-order valence-corrected chi connectivity index (χ3v) is 4.97. The maximum atomic E-state index is 14.1. The van der Waals surface area contributed by atoms with Crippen LogP contribution in [0.25, 0.3) is 0 Å². The number of rotatable bonds is 4. The maximum Gasteiger partial charge on any atom is 0.225 e. The van der Waals surface area contributed by atoms with E-state index in [0.29, 0.717) is 25.2 Å². The van der Waals surface area contributed by atoms with Crippen molar-refractivity contribution in [2.45, 2.75) is 50.7 Å². The molecule has 0 aliphatic carbocycles. The first-order chi connectivity index (χ1) is 11.9. The molecule has 2 saturated heterocycles. The van der Waals surface area contributed by atoms with Crippen molar-refractivity contribution in [2.75, 3.05) is 13.1 Å². The largest absolute Gasteiger partial charge is 0.349 e. The van der Waals surface area contributed by atoms with E-state index < -0.39 is 17.7 Å². The van der Waals surface area contributed by atoms with Gasteiger partial charge in [0, 0.05) is 43.7 Å². The number of likely N-dealkylation sites (tertiary alicyclic amines) is 1. The second kappa shape index (κ2) is 8.77. The van der Waals surface area contributed by atoms with Gasteiger partial charge in [0.15, 0.2) is 0 Å². The summed E-state index contributed by atoms with van der Waals surface area (Å²) in [4.78, 5) is 26.0. The summed E-state index contributed by atoms with van der Waals surface area (Å²) in [6, 6.07) is 3.14. The Kier molecular flexibility index (Phi) is 6.94. The summed E-state index contributed by atoms with van der Waals surface area (Å²) in [6.45, 7) is 2.60. The fraction of sp³-hybridized carbons (Fsp3) is 0.556. The lowest BCUT2D eigenvalue weighted by molar-refractivity contribution is -0.132. The van der Waals surface area contributed by atoms with E-state index in [9.17, 15) is 18.4 Å². The van der Waals surface area contributed by atoms with Gasteiger partial charge >= 0.3 is 0 Å². The van der Waals surface area contributed by atoms with E-state index >= 15 is 0 Å². The second-order valence-corrected chi connectivity index (χ2v) is 6.89. The number of hydrogen-bond acceptors (Lipinski definition) is 3. The van der Waals surface area contributed by atoms with Gasteiger partial charge in [0.1, 0.15) is 11.6 Å². The summed E-state index contributed by atoms with van der Waals surface area (Å²) < 4.78 is 27.3. The molecule has 0 aromatic heterocycles. The van der Waals surface area contributed by atoms with Gasteiger partial charge in [0.2, 0.25) is 11.8 Å². The highest BCUT2D eigenvalue weighted by Gasteiger charge is 2.32. The Hall–Kier alpha value is -1.73. The van der Waals surface area contributed by atoms with Crippen LogP contribution in [0.3, 0.4) is 0 Å². The molecule has 2 amide bonds. The van der Waals surface area contributed by atoms with E-state index in [0.717, 1.165) is 31.4 Å². The topological polar surface area (TPSA) is 61.4 Å². The lowest BCUT2D eigenvalue weighted by Crippen LogP contribution is -2.41. The number of fused-ring (bicyclic) bond motifs is 2. The quantitative estimate of drug-likeness (QED) is 0.833. The minimum atomic E-state index is -0.806. The van der Waals surface area contributed by atoms with Gasteiger partial charge in [-0.25, -0.2) is 8.78 Å². The number of halogens is 3. The Morgan fingerprint density at radius 2 is 2.00 bits per heavy atom. The van der Waals surface area contributed by atoms with E-state index in [1.807, 2.05) is 0 Å². The molecule has 3 atom stereocenters. The molecule has 1 aromatic carbocycles. The van der Waals surface area contributed by atoms with Gasteiger partial charge in [-0.2, -0.15) is 0 Å². The minimum absolute atomic E-state index is 0. The molecule has 144 valence electrons. The number of hydrogen-bond donors (Lipinski definition) is 2. The fourth-order valence-electron chi connectivity index (χ4n) is 3.74. The van der Waals surface area contributed by atoms with Gasteiger partial charge in [-0.1, -0.05) is 6.07 Å². The zero-order valence-corrected chi connectivity index (χ0v) is 15.5. The molecular formula is C18H24ClF2N3O2. The predicted octanol–water partition coefficient (Wildman–Crippen LogP) is 2.31. The van der Waals surface area contributed by atoms with Crippen LogP contribution in [0.2, 0.25) is 0 Å². The van der Waals surface area contributed by atoms with Crippen molar-refractivity contribution >= 4 is 24.2 Å². The van der Waals surface area contributed by atoms with Crippen LogP contribution in [0.15, 0.2) is 18.2 Å². The molecule has 0 spiro atoms. The van der Waals surface area contributed by atoms with E-state index in [4.69, 9.17) is 0 Å². The van der Waals surface area contributed by atoms with Crippen LogP contribution in [-0.4, -0.2) is 41.9 Å². The summed E-state index contributed by atoms with van der Waals surface area (Å²) in [7, 11) is 0. The van der Waals surface area contributed by atoms with Gasteiger partial charge in [-0.15, -0.1) is 12.4 Å². The summed E-state index contributed by atoms with van der Waals surface area (Å²) in [5, 5.41) is 6.12. The zero-order valence-electron chi connectivity index (χ0n) is 14.6. The Labute approximate surface area is 157 Å². The Morgan fingerprint density at radius 1 is 1.27 bits per heavy atom. The number of carbonyl (C=O) groups is 2. The van der Waals surface area contributed by atoms with Crippen LogP contribution in [-0.2, 0) is 9.59 Å². The number of benzene rings is 1. The van der Waals surface area contributed by atoms with E-state index in [1.165, 1.54) is 13.0 Å². The lowest BCUT2D eigenvalue weighted by Gasteiger charge is -2.27. The third kappa shape index (κ3) is 4.92. The zero-order chi connectivity index (χ0) is 18.0. The predicted molar refractivity (Wildman–Crippen MR) is 95.9 cm³/mol. The summed E-state index contributed by atoms with van der Waals surface area (Å²) in [5.41, 5.74) is 0.124. The highest BCUT2D eigenvalue weighted by atomic mass is 35.5. The van der Waals surface area contributed by atoms with Crippen molar-refractivity contribution in [2.24, 2.45) is 0 Å². The van der Waals surface area contributed by atoms with E-state index in [1.54, 1.807) is 4.90 Å². The average molecular weight is 388 g/mol. The van der Waals surface area contributed by atoms with Crippen LogP contribution in [0.4, 0.5) is 8.78 Å². The Bertz CT molecular complexity index is 674. The third-order valence-electron chi connectivity index (χ3n) is 4.97. The first-order valence-electron chi connectivity index (χ1n) is 8.68. The van der Waals surface area contributed by atoms with Gasteiger partial charge in [-0.05, 0) is 25.3 Å². The molecule has 26 heavy (non-hydrogen) atoms. The first kappa shape index (κ1) is 20.6. The van der Waals surface area contributed by atoms with Gasteiger partial charge in [0.25, 0.3) is 0 Å². The molecule has 2 heterocycles. The van der Waals surface area contributed by atoms with Crippen molar-refractivity contribution in [3.05, 3.63) is 35.4 Å². The molecule has 2 aliphatic heterocycles. The van der Waals surface area contributed by atoms with Crippen molar-refractivity contribution in [3.8, 4) is 0 Å². The van der Waals surface area contributed by atoms with Crippen LogP contribution in [0, 0.1) is 11.6 Å². The van der Waals surface area contributed by atoms with Crippen LogP contribution >= 0.6 is 12.4 Å². The number of carbonyl (C=O) groups excluding carboxylic acids is 2. The molecule has 2 N–H and O–H groups in total. The van der Waals surface area contributed by atoms with Crippen molar-refractivity contribution < 1.29 is 18.4 Å². The SMILES string of the molecule is CC(=O)NC(CC(=O)N1CCC2CCC(C1)N2)c1ccc(F)cc1F.Cl. The summed E-state index contributed by atoms with van der Waals surface area (Å²) in [6.07, 6.45) is 3.05. The molecule has 2 bridgehead atoms. The maximum absolute atomic E-state index is 14.1. The Balaban J connectivity index is 0.00000243. The fourth-order valence-corrected chi connectivity index (χ4v) is 3.74. The molecule has 3 unspecified atom stereocenters. The minimum Gasteiger partial charge on any atom is -0.349 e. The van der Waals surface area contributed by atoms with Gasteiger partial charge in [0.05, 0.1) is 12.5 Å². The molecule has 5 nitrogen and oxygen atoms in total. The highest BCUT2D eigenvalue weighted by Crippen LogP contribution is 2.25.